The number of halogens is 3. The lowest BCUT2D eigenvalue weighted by atomic mass is 10.1. The quantitative estimate of drug-likeness (QED) is 0.849. The van der Waals surface area contributed by atoms with E-state index in [1.165, 1.54) is 12.1 Å². The van der Waals surface area contributed by atoms with Crippen molar-refractivity contribution in [1.82, 2.24) is 5.32 Å². The van der Waals surface area contributed by atoms with Gasteiger partial charge in [-0.25, -0.2) is 4.39 Å². The monoisotopic (exact) mass is 307 g/mol. The van der Waals surface area contributed by atoms with Crippen molar-refractivity contribution in [1.29, 1.82) is 0 Å². The van der Waals surface area contributed by atoms with Crippen molar-refractivity contribution in [3.05, 3.63) is 34.1 Å². The van der Waals surface area contributed by atoms with Gasteiger partial charge >= 0.3 is 0 Å². The molecule has 1 unspecified atom stereocenters. The maximum Gasteiger partial charge on any atom is 0.254 e. The topological polar surface area (TPSA) is 29.1 Å². The number of hydrogen-bond acceptors (Lipinski definition) is 1. The number of carbonyl (C=O) groups is 1. The van der Waals surface area contributed by atoms with Crippen molar-refractivity contribution in [2.45, 2.75) is 19.4 Å². The minimum atomic E-state index is -0.529. The molecule has 0 bridgehead atoms. The van der Waals surface area contributed by atoms with Crippen LogP contribution in [-0.2, 0) is 0 Å². The van der Waals surface area contributed by atoms with E-state index >= 15 is 0 Å². The highest BCUT2D eigenvalue weighted by Gasteiger charge is 2.14. The van der Waals surface area contributed by atoms with Crippen molar-refractivity contribution < 1.29 is 9.18 Å². The molecule has 5 heteroatoms. The summed E-state index contributed by atoms with van der Waals surface area (Å²) in [6.07, 6.45) is 0.656. The van der Waals surface area contributed by atoms with E-state index in [1.807, 2.05) is 6.92 Å². The van der Waals surface area contributed by atoms with Crippen LogP contribution in [0.25, 0.3) is 0 Å². The standard InChI is InChI=1S/C11H12BrClFNO/c1-7(4-5-13)15-11(16)9-6-8(12)2-3-10(9)14/h2-3,6-7H,4-5H2,1H3,(H,15,16). The maximum absolute atomic E-state index is 13.3. The largest absolute Gasteiger partial charge is 0.349 e. The Bertz CT molecular complexity index is 386. The van der Waals surface area contributed by atoms with Crippen LogP contribution in [0.5, 0.6) is 0 Å². The van der Waals surface area contributed by atoms with E-state index in [9.17, 15) is 9.18 Å². The van der Waals surface area contributed by atoms with Crippen LogP contribution < -0.4 is 5.32 Å². The molecule has 0 heterocycles. The van der Waals surface area contributed by atoms with Crippen LogP contribution in [0.15, 0.2) is 22.7 Å². The highest BCUT2D eigenvalue weighted by atomic mass is 79.9. The number of carbonyl (C=O) groups excluding carboxylic acids is 1. The molecule has 1 aromatic rings. The zero-order chi connectivity index (χ0) is 12.1. The Morgan fingerprint density at radius 1 is 1.62 bits per heavy atom. The molecule has 1 atom stereocenters. The summed E-state index contributed by atoms with van der Waals surface area (Å²) in [6.45, 7) is 1.83. The van der Waals surface area contributed by atoms with Gasteiger partial charge in [0.05, 0.1) is 5.56 Å². The summed E-state index contributed by atoms with van der Waals surface area (Å²) in [5, 5.41) is 2.68. The second kappa shape index (κ2) is 6.21. The van der Waals surface area contributed by atoms with Gasteiger partial charge in [-0.3, -0.25) is 4.79 Å². The van der Waals surface area contributed by atoms with Gasteiger partial charge < -0.3 is 5.32 Å². The van der Waals surface area contributed by atoms with Crippen LogP contribution >= 0.6 is 27.5 Å². The van der Waals surface area contributed by atoms with Gasteiger partial charge in [0.1, 0.15) is 5.82 Å². The number of rotatable bonds is 4. The predicted molar refractivity (Wildman–Crippen MR) is 66.4 cm³/mol. The Morgan fingerprint density at radius 2 is 2.31 bits per heavy atom. The van der Waals surface area contributed by atoms with Crippen molar-refractivity contribution in [2.75, 3.05) is 5.88 Å². The van der Waals surface area contributed by atoms with Crippen molar-refractivity contribution >= 4 is 33.4 Å². The number of alkyl halides is 1. The third kappa shape index (κ3) is 3.76. The van der Waals surface area contributed by atoms with Crippen LogP contribution in [0, 0.1) is 5.82 Å². The highest BCUT2D eigenvalue weighted by Crippen LogP contribution is 2.15. The number of amides is 1. The Morgan fingerprint density at radius 3 is 2.94 bits per heavy atom. The second-order valence-corrected chi connectivity index (χ2v) is 4.77. The highest BCUT2D eigenvalue weighted by molar-refractivity contribution is 9.10. The first kappa shape index (κ1) is 13.5. The normalized spacial score (nSPS) is 12.2. The molecule has 1 rings (SSSR count). The summed E-state index contributed by atoms with van der Waals surface area (Å²) < 4.78 is 14.0. The molecule has 16 heavy (non-hydrogen) atoms. The molecule has 2 nitrogen and oxygen atoms in total. The molecule has 88 valence electrons. The van der Waals surface area contributed by atoms with E-state index in [2.05, 4.69) is 21.2 Å². The Labute approximate surface area is 107 Å². The zero-order valence-electron chi connectivity index (χ0n) is 8.77. The summed E-state index contributed by atoms with van der Waals surface area (Å²) in [5.41, 5.74) is 0.0378. The van der Waals surface area contributed by atoms with Gasteiger partial charge in [-0.1, -0.05) is 15.9 Å². The first-order valence-electron chi connectivity index (χ1n) is 4.86. The summed E-state index contributed by atoms with van der Waals surface area (Å²) in [6, 6.07) is 4.20. The van der Waals surface area contributed by atoms with E-state index in [4.69, 9.17) is 11.6 Å². The lowest BCUT2D eigenvalue weighted by Crippen LogP contribution is -2.33. The van der Waals surface area contributed by atoms with Crippen LogP contribution in [0.4, 0.5) is 4.39 Å². The van der Waals surface area contributed by atoms with E-state index in [0.717, 1.165) is 0 Å². The summed E-state index contributed by atoms with van der Waals surface area (Å²) in [7, 11) is 0. The molecule has 0 saturated heterocycles. The van der Waals surface area contributed by atoms with Gasteiger partial charge in [0, 0.05) is 16.4 Å². The predicted octanol–water partition coefficient (Wildman–Crippen LogP) is 3.34. The molecular formula is C11H12BrClFNO. The fourth-order valence-corrected chi connectivity index (χ4v) is 1.90. The van der Waals surface area contributed by atoms with Gasteiger partial charge in [-0.2, -0.15) is 0 Å². The smallest absolute Gasteiger partial charge is 0.254 e. The van der Waals surface area contributed by atoms with Gasteiger partial charge in [0.15, 0.2) is 0 Å². The minimum absolute atomic E-state index is 0.0378. The molecule has 0 saturated carbocycles. The lowest BCUT2D eigenvalue weighted by molar-refractivity contribution is 0.0935. The first-order valence-corrected chi connectivity index (χ1v) is 6.19. The average molecular weight is 309 g/mol. The zero-order valence-corrected chi connectivity index (χ0v) is 11.1. The van der Waals surface area contributed by atoms with Crippen LogP contribution in [0.2, 0.25) is 0 Å². The molecule has 0 fully saturated rings. The Kier molecular flexibility index (Phi) is 5.22. The molecule has 0 aliphatic rings. The molecule has 1 N–H and O–H groups in total. The van der Waals surface area contributed by atoms with Crippen LogP contribution in [0.1, 0.15) is 23.7 Å². The van der Waals surface area contributed by atoms with Crippen LogP contribution in [-0.4, -0.2) is 17.8 Å². The molecule has 0 spiro atoms. The molecule has 0 aliphatic carbocycles. The summed E-state index contributed by atoms with van der Waals surface area (Å²) >= 11 is 8.74. The SMILES string of the molecule is CC(CCCl)NC(=O)c1cc(Br)ccc1F. The van der Waals surface area contributed by atoms with Gasteiger partial charge in [0.2, 0.25) is 0 Å². The average Bonchev–Trinajstić information content (AvgIpc) is 2.21. The van der Waals surface area contributed by atoms with Crippen molar-refractivity contribution in [3.8, 4) is 0 Å². The van der Waals surface area contributed by atoms with E-state index in [0.29, 0.717) is 16.8 Å². The summed E-state index contributed by atoms with van der Waals surface area (Å²) in [4.78, 5) is 11.7. The van der Waals surface area contributed by atoms with Gasteiger partial charge in [-0.05, 0) is 31.5 Å². The first-order chi connectivity index (χ1) is 7.54. The van der Waals surface area contributed by atoms with Crippen molar-refractivity contribution in [2.24, 2.45) is 0 Å². The Balaban J connectivity index is 2.76. The minimum Gasteiger partial charge on any atom is -0.349 e. The second-order valence-electron chi connectivity index (χ2n) is 3.48. The third-order valence-electron chi connectivity index (χ3n) is 2.09. The number of benzene rings is 1. The third-order valence-corrected chi connectivity index (χ3v) is 2.80. The maximum atomic E-state index is 13.3. The molecule has 0 radical (unpaired) electrons. The van der Waals surface area contributed by atoms with Gasteiger partial charge in [-0.15, -0.1) is 11.6 Å². The fraction of sp³-hybridized carbons (Fsp3) is 0.364. The molecule has 0 aromatic heterocycles. The molecular weight excluding hydrogens is 296 g/mol. The molecule has 0 aliphatic heterocycles. The van der Waals surface area contributed by atoms with Gasteiger partial charge in [0.25, 0.3) is 5.91 Å². The summed E-state index contributed by atoms with van der Waals surface area (Å²) in [5.74, 6) is -0.488. The lowest BCUT2D eigenvalue weighted by Gasteiger charge is -2.12. The molecule has 1 amide bonds. The van der Waals surface area contributed by atoms with E-state index < -0.39 is 11.7 Å². The Hall–Kier alpha value is -0.610. The number of nitrogens with one attached hydrogen (secondary N) is 1. The van der Waals surface area contributed by atoms with E-state index in [1.54, 1.807) is 6.07 Å². The van der Waals surface area contributed by atoms with Crippen molar-refractivity contribution in [3.63, 3.8) is 0 Å². The fourth-order valence-electron chi connectivity index (χ4n) is 1.21. The van der Waals surface area contributed by atoms with Crippen LogP contribution in [0.3, 0.4) is 0 Å². The number of hydrogen-bond donors (Lipinski definition) is 1. The molecule has 1 aromatic carbocycles. The van der Waals surface area contributed by atoms with E-state index in [-0.39, 0.29) is 11.6 Å².